The van der Waals surface area contributed by atoms with Crippen LogP contribution in [0.1, 0.15) is 43.9 Å². The summed E-state index contributed by atoms with van der Waals surface area (Å²) in [5.74, 6) is 0.936. The maximum atomic E-state index is 5.71. The van der Waals surface area contributed by atoms with E-state index in [1.54, 1.807) is 0 Å². The Kier molecular flexibility index (Phi) is 5.81. The zero-order valence-electron chi connectivity index (χ0n) is 13.2. The minimum atomic E-state index is 0.162. The van der Waals surface area contributed by atoms with Crippen molar-refractivity contribution in [1.29, 1.82) is 0 Å². The quantitative estimate of drug-likeness (QED) is 0.756. The van der Waals surface area contributed by atoms with Gasteiger partial charge in [0.1, 0.15) is 5.75 Å². The molecule has 2 rings (SSSR count). The molecule has 0 aliphatic heterocycles. The molecule has 0 aliphatic carbocycles. The minimum absolute atomic E-state index is 0.162. The van der Waals surface area contributed by atoms with Crippen LogP contribution in [0.4, 0.5) is 0 Å². The van der Waals surface area contributed by atoms with Crippen LogP contribution in [-0.4, -0.2) is 23.4 Å². The smallest absolute Gasteiger partial charge is 0.119 e. The van der Waals surface area contributed by atoms with Crippen molar-refractivity contribution >= 4 is 0 Å². The van der Waals surface area contributed by atoms with Crippen molar-refractivity contribution in [2.24, 2.45) is 0 Å². The fraction of sp³-hybridized carbons (Fsp3) is 0.471. The lowest BCUT2D eigenvalue weighted by Gasteiger charge is -2.15. The van der Waals surface area contributed by atoms with Crippen LogP contribution in [0, 0.1) is 0 Å². The number of hydrogen-bond donors (Lipinski definition) is 1. The van der Waals surface area contributed by atoms with Gasteiger partial charge in [-0.25, -0.2) is 0 Å². The van der Waals surface area contributed by atoms with E-state index in [-0.39, 0.29) is 6.04 Å². The number of unbranched alkanes of at least 4 members (excludes halogenated alkanes) is 1. The molecule has 1 heterocycles. The Morgan fingerprint density at radius 3 is 2.52 bits per heavy atom. The average Bonchev–Trinajstić information content (AvgIpc) is 2.99. The molecule has 1 aromatic heterocycles. The number of nitrogens with zero attached hydrogens (tertiary/aromatic N) is 2. The van der Waals surface area contributed by atoms with E-state index in [2.05, 4.69) is 42.6 Å². The van der Waals surface area contributed by atoms with Crippen LogP contribution in [0.3, 0.4) is 0 Å². The minimum Gasteiger partial charge on any atom is -0.494 e. The highest BCUT2D eigenvalue weighted by molar-refractivity contribution is 5.34. The summed E-state index contributed by atoms with van der Waals surface area (Å²) in [5, 5.41) is 7.70. The number of hydrogen-bond acceptors (Lipinski definition) is 3. The van der Waals surface area contributed by atoms with Crippen molar-refractivity contribution in [2.45, 2.75) is 39.3 Å². The summed E-state index contributed by atoms with van der Waals surface area (Å²) in [4.78, 5) is 0. The molecule has 0 fully saturated rings. The molecule has 114 valence electrons. The van der Waals surface area contributed by atoms with E-state index in [0.29, 0.717) is 0 Å². The number of ether oxygens (including phenoxy) is 1. The summed E-state index contributed by atoms with van der Waals surface area (Å²) >= 11 is 0. The first-order valence-electron chi connectivity index (χ1n) is 7.70. The van der Waals surface area contributed by atoms with Gasteiger partial charge in [0.15, 0.2) is 0 Å². The molecule has 1 aromatic carbocycles. The summed E-state index contributed by atoms with van der Waals surface area (Å²) in [5.41, 5.74) is 2.40. The van der Waals surface area contributed by atoms with Crippen LogP contribution >= 0.6 is 0 Å². The second kappa shape index (κ2) is 7.84. The molecular formula is C17H25N3O. The van der Waals surface area contributed by atoms with E-state index in [1.807, 2.05) is 30.1 Å². The van der Waals surface area contributed by atoms with Gasteiger partial charge in [0.2, 0.25) is 0 Å². The standard InChI is InChI=1S/C17H25N3O/c1-4-6-11-21-16-9-7-14(8-10-16)17(18-3)15-12-19-20(5-2)13-15/h7-10,12-13,17-18H,4-6,11H2,1-3H3. The summed E-state index contributed by atoms with van der Waals surface area (Å²) in [7, 11) is 1.97. The number of nitrogens with one attached hydrogen (secondary N) is 1. The van der Waals surface area contributed by atoms with E-state index >= 15 is 0 Å². The van der Waals surface area contributed by atoms with Gasteiger partial charge in [0.05, 0.1) is 18.8 Å². The first kappa shape index (κ1) is 15.6. The monoisotopic (exact) mass is 287 g/mol. The Balaban J connectivity index is 2.07. The number of aromatic nitrogens is 2. The molecule has 4 heteroatoms. The molecule has 21 heavy (non-hydrogen) atoms. The molecule has 0 amide bonds. The third-order valence-corrected chi connectivity index (χ3v) is 3.58. The number of benzene rings is 1. The van der Waals surface area contributed by atoms with E-state index in [1.165, 1.54) is 11.1 Å². The molecule has 0 radical (unpaired) electrons. The second-order valence-electron chi connectivity index (χ2n) is 5.12. The predicted molar refractivity (Wildman–Crippen MR) is 85.6 cm³/mol. The maximum absolute atomic E-state index is 5.71. The summed E-state index contributed by atoms with van der Waals surface area (Å²) in [6, 6.07) is 8.48. The highest BCUT2D eigenvalue weighted by Gasteiger charge is 2.13. The van der Waals surface area contributed by atoms with Gasteiger partial charge in [-0.1, -0.05) is 25.5 Å². The molecule has 1 atom stereocenters. The van der Waals surface area contributed by atoms with Crippen molar-refractivity contribution in [1.82, 2.24) is 15.1 Å². The molecule has 4 nitrogen and oxygen atoms in total. The number of rotatable bonds is 8. The van der Waals surface area contributed by atoms with Crippen molar-refractivity contribution < 1.29 is 4.74 Å². The lowest BCUT2D eigenvalue weighted by atomic mass is 10.0. The summed E-state index contributed by atoms with van der Waals surface area (Å²) < 4.78 is 7.65. The van der Waals surface area contributed by atoms with Crippen LogP contribution in [0.5, 0.6) is 5.75 Å². The molecule has 0 saturated heterocycles. The highest BCUT2D eigenvalue weighted by Crippen LogP contribution is 2.23. The highest BCUT2D eigenvalue weighted by atomic mass is 16.5. The SMILES string of the molecule is CCCCOc1ccc(C(NC)c2cnn(CC)c2)cc1. The van der Waals surface area contributed by atoms with E-state index in [4.69, 9.17) is 4.74 Å². The number of aryl methyl sites for hydroxylation is 1. The largest absolute Gasteiger partial charge is 0.494 e. The second-order valence-corrected chi connectivity index (χ2v) is 5.12. The Morgan fingerprint density at radius 2 is 1.95 bits per heavy atom. The Labute approximate surface area is 127 Å². The van der Waals surface area contributed by atoms with Crippen molar-refractivity contribution in [3.8, 4) is 5.75 Å². The van der Waals surface area contributed by atoms with Gasteiger partial charge in [0.25, 0.3) is 0 Å². The van der Waals surface area contributed by atoms with Crippen molar-refractivity contribution in [3.63, 3.8) is 0 Å². The first-order valence-corrected chi connectivity index (χ1v) is 7.70. The van der Waals surface area contributed by atoms with Gasteiger partial charge < -0.3 is 10.1 Å². The molecule has 0 saturated carbocycles. The van der Waals surface area contributed by atoms with E-state index in [0.717, 1.165) is 31.7 Å². The Hall–Kier alpha value is -1.81. The third kappa shape index (κ3) is 4.08. The molecular weight excluding hydrogens is 262 g/mol. The normalized spacial score (nSPS) is 12.3. The Bertz CT molecular complexity index is 533. The van der Waals surface area contributed by atoms with E-state index < -0.39 is 0 Å². The average molecular weight is 287 g/mol. The fourth-order valence-electron chi connectivity index (χ4n) is 2.32. The first-order chi connectivity index (χ1) is 10.3. The van der Waals surface area contributed by atoms with Gasteiger partial charge in [-0.3, -0.25) is 4.68 Å². The summed E-state index contributed by atoms with van der Waals surface area (Å²) in [6.45, 7) is 5.93. The van der Waals surface area contributed by atoms with Crippen LogP contribution < -0.4 is 10.1 Å². The Morgan fingerprint density at radius 1 is 1.19 bits per heavy atom. The topological polar surface area (TPSA) is 39.1 Å². The van der Waals surface area contributed by atoms with E-state index in [9.17, 15) is 0 Å². The van der Waals surface area contributed by atoms with Gasteiger partial charge in [-0.05, 0) is 38.1 Å². The summed E-state index contributed by atoms with van der Waals surface area (Å²) in [6.07, 6.45) is 6.27. The molecule has 1 unspecified atom stereocenters. The lowest BCUT2D eigenvalue weighted by Crippen LogP contribution is -2.17. The molecule has 0 spiro atoms. The molecule has 1 N–H and O–H groups in total. The van der Waals surface area contributed by atoms with Crippen LogP contribution in [0.25, 0.3) is 0 Å². The van der Waals surface area contributed by atoms with Crippen LogP contribution in [0.15, 0.2) is 36.7 Å². The zero-order chi connectivity index (χ0) is 15.1. The molecule has 2 aromatic rings. The van der Waals surface area contributed by atoms with Gasteiger partial charge in [-0.15, -0.1) is 0 Å². The van der Waals surface area contributed by atoms with Crippen LogP contribution in [-0.2, 0) is 6.54 Å². The predicted octanol–water partition coefficient (Wildman–Crippen LogP) is 3.39. The lowest BCUT2D eigenvalue weighted by molar-refractivity contribution is 0.309. The molecule has 0 aliphatic rings. The molecule has 0 bridgehead atoms. The van der Waals surface area contributed by atoms with Crippen molar-refractivity contribution in [3.05, 3.63) is 47.8 Å². The van der Waals surface area contributed by atoms with Crippen LogP contribution in [0.2, 0.25) is 0 Å². The maximum Gasteiger partial charge on any atom is 0.119 e. The van der Waals surface area contributed by atoms with Gasteiger partial charge in [-0.2, -0.15) is 5.10 Å². The fourth-order valence-corrected chi connectivity index (χ4v) is 2.32. The zero-order valence-corrected chi connectivity index (χ0v) is 13.2. The third-order valence-electron chi connectivity index (χ3n) is 3.58. The van der Waals surface area contributed by atoms with Crippen molar-refractivity contribution in [2.75, 3.05) is 13.7 Å². The van der Waals surface area contributed by atoms with Gasteiger partial charge >= 0.3 is 0 Å². The van der Waals surface area contributed by atoms with Gasteiger partial charge in [0, 0.05) is 18.3 Å².